The van der Waals surface area contributed by atoms with Gasteiger partial charge in [-0.3, -0.25) is 19.7 Å². The lowest BCUT2D eigenvalue weighted by Gasteiger charge is -2.15. The zero-order valence-corrected chi connectivity index (χ0v) is 16.7. The summed E-state index contributed by atoms with van der Waals surface area (Å²) in [6.45, 7) is 0. The SMILES string of the molecule is COc1cc(C(=O)Nc2ccccc2C(=O)NC2CC2)c([N+](=O)[O-])c(OC)c1OC. The Morgan fingerprint density at radius 1 is 1.00 bits per heavy atom. The topological polar surface area (TPSA) is 129 Å². The van der Waals surface area contributed by atoms with Crippen LogP contribution in [0.4, 0.5) is 11.4 Å². The predicted octanol–water partition coefficient (Wildman–Crippen LogP) is 2.77. The smallest absolute Gasteiger partial charge is 0.327 e. The van der Waals surface area contributed by atoms with Crippen molar-refractivity contribution >= 4 is 23.2 Å². The van der Waals surface area contributed by atoms with Crippen LogP contribution >= 0.6 is 0 Å². The maximum Gasteiger partial charge on any atom is 0.327 e. The third kappa shape index (κ3) is 4.12. The third-order valence-electron chi connectivity index (χ3n) is 4.56. The van der Waals surface area contributed by atoms with E-state index in [4.69, 9.17) is 14.2 Å². The molecule has 0 aliphatic heterocycles. The summed E-state index contributed by atoms with van der Waals surface area (Å²) in [7, 11) is 3.87. The first kappa shape index (κ1) is 20.9. The van der Waals surface area contributed by atoms with E-state index in [0.29, 0.717) is 0 Å². The van der Waals surface area contributed by atoms with Crippen LogP contribution in [0.25, 0.3) is 0 Å². The van der Waals surface area contributed by atoms with E-state index in [1.165, 1.54) is 27.4 Å². The summed E-state index contributed by atoms with van der Waals surface area (Å²) in [5, 5.41) is 17.1. The van der Waals surface area contributed by atoms with Gasteiger partial charge in [-0.2, -0.15) is 0 Å². The summed E-state index contributed by atoms with van der Waals surface area (Å²) < 4.78 is 15.5. The molecule has 158 valence electrons. The van der Waals surface area contributed by atoms with Gasteiger partial charge in [0.25, 0.3) is 11.8 Å². The Balaban J connectivity index is 2.02. The minimum absolute atomic E-state index is 0.00698. The molecular formula is C20H21N3O7. The molecule has 10 nitrogen and oxygen atoms in total. The van der Waals surface area contributed by atoms with Gasteiger partial charge in [-0.1, -0.05) is 12.1 Å². The van der Waals surface area contributed by atoms with Gasteiger partial charge in [0.05, 0.1) is 37.5 Å². The van der Waals surface area contributed by atoms with Crippen LogP contribution in [0.5, 0.6) is 17.2 Å². The first-order valence-electron chi connectivity index (χ1n) is 9.09. The number of ether oxygens (including phenoxy) is 3. The van der Waals surface area contributed by atoms with Crippen molar-refractivity contribution in [3.63, 3.8) is 0 Å². The second kappa shape index (κ2) is 8.68. The molecule has 1 fully saturated rings. The molecule has 30 heavy (non-hydrogen) atoms. The summed E-state index contributed by atoms with van der Waals surface area (Å²) in [5.41, 5.74) is -0.393. The van der Waals surface area contributed by atoms with E-state index >= 15 is 0 Å². The molecule has 0 saturated heterocycles. The lowest BCUT2D eigenvalue weighted by molar-refractivity contribution is -0.386. The van der Waals surface area contributed by atoms with Crippen molar-refractivity contribution in [2.75, 3.05) is 26.6 Å². The van der Waals surface area contributed by atoms with E-state index in [1.54, 1.807) is 24.3 Å². The van der Waals surface area contributed by atoms with Gasteiger partial charge in [0.2, 0.25) is 11.5 Å². The van der Waals surface area contributed by atoms with E-state index in [9.17, 15) is 19.7 Å². The van der Waals surface area contributed by atoms with Crippen molar-refractivity contribution in [2.45, 2.75) is 18.9 Å². The van der Waals surface area contributed by atoms with Crippen LogP contribution in [0.2, 0.25) is 0 Å². The van der Waals surface area contributed by atoms with Gasteiger partial charge in [-0.05, 0) is 25.0 Å². The number of amides is 2. The van der Waals surface area contributed by atoms with E-state index in [0.717, 1.165) is 12.8 Å². The highest BCUT2D eigenvalue weighted by Gasteiger charge is 2.33. The number of methoxy groups -OCH3 is 3. The van der Waals surface area contributed by atoms with Crippen molar-refractivity contribution < 1.29 is 28.7 Å². The molecular weight excluding hydrogens is 394 g/mol. The number of benzene rings is 2. The predicted molar refractivity (Wildman–Crippen MR) is 108 cm³/mol. The fourth-order valence-electron chi connectivity index (χ4n) is 2.97. The third-order valence-corrected chi connectivity index (χ3v) is 4.56. The van der Waals surface area contributed by atoms with Crippen LogP contribution < -0.4 is 24.8 Å². The van der Waals surface area contributed by atoms with Crippen molar-refractivity contribution in [1.82, 2.24) is 5.32 Å². The molecule has 0 bridgehead atoms. The fourth-order valence-corrected chi connectivity index (χ4v) is 2.97. The lowest BCUT2D eigenvalue weighted by Crippen LogP contribution is -2.27. The van der Waals surface area contributed by atoms with Gasteiger partial charge in [0, 0.05) is 12.1 Å². The van der Waals surface area contributed by atoms with E-state index in [1.807, 2.05) is 0 Å². The highest BCUT2D eigenvalue weighted by molar-refractivity contribution is 6.11. The molecule has 1 aliphatic rings. The zero-order chi connectivity index (χ0) is 21.8. The fraction of sp³-hybridized carbons (Fsp3) is 0.300. The molecule has 2 aromatic rings. The van der Waals surface area contributed by atoms with E-state index < -0.39 is 16.5 Å². The van der Waals surface area contributed by atoms with Gasteiger partial charge >= 0.3 is 5.69 Å². The minimum atomic E-state index is -0.798. The Morgan fingerprint density at radius 2 is 1.67 bits per heavy atom. The molecule has 0 aromatic heterocycles. The Bertz CT molecular complexity index is 1000. The maximum absolute atomic E-state index is 13.0. The molecule has 1 saturated carbocycles. The van der Waals surface area contributed by atoms with Crippen LogP contribution in [0.3, 0.4) is 0 Å². The summed E-state index contributed by atoms with van der Waals surface area (Å²) in [5.74, 6) is -1.29. The van der Waals surface area contributed by atoms with Crippen LogP contribution in [-0.4, -0.2) is 44.1 Å². The van der Waals surface area contributed by atoms with Crippen molar-refractivity contribution in [1.29, 1.82) is 0 Å². The number of nitrogens with zero attached hydrogens (tertiary/aromatic N) is 1. The molecule has 0 spiro atoms. The second-order valence-electron chi connectivity index (χ2n) is 6.55. The monoisotopic (exact) mass is 415 g/mol. The van der Waals surface area contributed by atoms with Gasteiger partial charge in [0.15, 0.2) is 5.75 Å². The molecule has 1 aliphatic carbocycles. The molecule has 0 atom stereocenters. The Hall–Kier alpha value is -3.82. The first-order chi connectivity index (χ1) is 14.4. The standard InChI is InChI=1S/C20H21N3O7/c1-28-15-10-13(16(23(26)27)18(30-3)17(15)29-2)20(25)22-14-7-5-4-6-12(14)19(24)21-11-8-9-11/h4-7,10-11H,8-9H2,1-3H3,(H,21,24)(H,22,25). The molecule has 0 radical (unpaired) electrons. The summed E-state index contributed by atoms with van der Waals surface area (Å²) in [6, 6.07) is 7.76. The number of para-hydroxylation sites is 1. The molecule has 3 rings (SSSR count). The van der Waals surface area contributed by atoms with Crippen LogP contribution in [0.15, 0.2) is 30.3 Å². The molecule has 10 heteroatoms. The molecule has 2 N–H and O–H groups in total. The number of nitro benzene ring substituents is 1. The number of rotatable bonds is 8. The number of hydrogen-bond acceptors (Lipinski definition) is 7. The van der Waals surface area contributed by atoms with Gasteiger partial charge in [0.1, 0.15) is 5.56 Å². The Kier molecular flexibility index (Phi) is 6.05. The van der Waals surface area contributed by atoms with E-state index in [-0.39, 0.29) is 46.0 Å². The quantitative estimate of drug-likeness (QED) is 0.501. The number of nitrogens with one attached hydrogen (secondary N) is 2. The average Bonchev–Trinajstić information content (AvgIpc) is 3.55. The van der Waals surface area contributed by atoms with Gasteiger partial charge < -0.3 is 24.8 Å². The minimum Gasteiger partial charge on any atom is -0.493 e. The van der Waals surface area contributed by atoms with Crippen LogP contribution in [0.1, 0.15) is 33.6 Å². The average molecular weight is 415 g/mol. The number of anilines is 1. The second-order valence-corrected chi connectivity index (χ2v) is 6.55. The largest absolute Gasteiger partial charge is 0.493 e. The summed E-state index contributed by atoms with van der Waals surface area (Å²) in [4.78, 5) is 36.4. The maximum atomic E-state index is 13.0. The number of carbonyl (C=O) groups excluding carboxylic acids is 2. The Morgan fingerprint density at radius 3 is 2.23 bits per heavy atom. The van der Waals surface area contributed by atoms with Crippen LogP contribution in [0, 0.1) is 10.1 Å². The summed E-state index contributed by atoms with van der Waals surface area (Å²) in [6.07, 6.45) is 1.83. The number of carbonyl (C=O) groups is 2. The highest BCUT2D eigenvalue weighted by Crippen LogP contribution is 2.46. The molecule has 2 amide bonds. The molecule has 0 heterocycles. The number of hydrogen-bond donors (Lipinski definition) is 2. The van der Waals surface area contributed by atoms with Gasteiger partial charge in [-0.15, -0.1) is 0 Å². The lowest BCUT2D eigenvalue weighted by atomic mass is 10.1. The van der Waals surface area contributed by atoms with Crippen molar-refractivity contribution in [3.8, 4) is 17.2 Å². The van der Waals surface area contributed by atoms with E-state index in [2.05, 4.69) is 10.6 Å². The Labute approximate surface area is 172 Å². The molecule has 2 aromatic carbocycles. The first-order valence-corrected chi connectivity index (χ1v) is 9.09. The normalized spacial score (nSPS) is 12.6. The van der Waals surface area contributed by atoms with Crippen LogP contribution in [-0.2, 0) is 0 Å². The van der Waals surface area contributed by atoms with Crippen molar-refractivity contribution in [2.24, 2.45) is 0 Å². The number of nitro groups is 1. The zero-order valence-electron chi connectivity index (χ0n) is 16.7. The molecule has 0 unspecified atom stereocenters. The highest BCUT2D eigenvalue weighted by atomic mass is 16.6. The van der Waals surface area contributed by atoms with Gasteiger partial charge in [-0.25, -0.2) is 0 Å². The summed E-state index contributed by atoms with van der Waals surface area (Å²) >= 11 is 0. The van der Waals surface area contributed by atoms with Crippen molar-refractivity contribution in [3.05, 3.63) is 51.6 Å².